The number of alkyl halides is 3. The molecule has 0 bridgehead atoms. The van der Waals surface area contributed by atoms with Crippen LogP contribution in [0.1, 0.15) is 18.9 Å². The second-order valence-corrected chi connectivity index (χ2v) is 4.50. The summed E-state index contributed by atoms with van der Waals surface area (Å²) in [6.07, 6.45) is -3.67. The maximum Gasteiger partial charge on any atom is 0.418 e. The highest BCUT2D eigenvalue weighted by Crippen LogP contribution is 2.36. The van der Waals surface area contributed by atoms with Gasteiger partial charge in [0.1, 0.15) is 0 Å². The Labute approximate surface area is 111 Å². The zero-order valence-corrected chi connectivity index (χ0v) is 11.3. The third kappa shape index (κ3) is 4.21. The molecule has 100 valence electrons. The van der Waals surface area contributed by atoms with Gasteiger partial charge in [0.2, 0.25) is 0 Å². The molecule has 0 amide bonds. The molecular formula is C11H13BrF3N3. The maximum atomic E-state index is 12.8. The molecule has 0 atom stereocenters. The number of guanidine groups is 1. The van der Waals surface area contributed by atoms with Crippen molar-refractivity contribution in [2.75, 3.05) is 11.9 Å². The van der Waals surface area contributed by atoms with Crippen LogP contribution in [0.25, 0.3) is 0 Å². The van der Waals surface area contributed by atoms with Gasteiger partial charge in [-0.1, -0.05) is 22.9 Å². The quantitative estimate of drug-likeness (QED) is 0.659. The Kier molecular flexibility index (Phi) is 5.01. The molecule has 0 aliphatic rings. The second kappa shape index (κ2) is 6.08. The summed E-state index contributed by atoms with van der Waals surface area (Å²) in [5.41, 5.74) is 4.61. The fourth-order valence-electron chi connectivity index (χ4n) is 1.27. The maximum absolute atomic E-state index is 12.8. The molecule has 3 N–H and O–H groups in total. The van der Waals surface area contributed by atoms with Gasteiger partial charge in [-0.05, 0) is 24.6 Å². The van der Waals surface area contributed by atoms with E-state index in [0.29, 0.717) is 11.0 Å². The van der Waals surface area contributed by atoms with Crippen LogP contribution in [0.15, 0.2) is 27.7 Å². The molecule has 0 spiro atoms. The number of hydrogen-bond donors (Lipinski definition) is 2. The summed E-state index contributed by atoms with van der Waals surface area (Å²) in [5.74, 6) is -0.0235. The number of hydrogen-bond acceptors (Lipinski definition) is 1. The molecule has 7 heteroatoms. The first-order valence-electron chi connectivity index (χ1n) is 5.28. The molecule has 0 fully saturated rings. The van der Waals surface area contributed by atoms with Crippen LogP contribution in [0.5, 0.6) is 0 Å². The van der Waals surface area contributed by atoms with Crippen LogP contribution < -0.4 is 11.1 Å². The lowest BCUT2D eigenvalue weighted by atomic mass is 10.1. The number of aliphatic imine (C=N–C) groups is 1. The Bertz CT molecular complexity index is 444. The highest BCUT2D eigenvalue weighted by molar-refractivity contribution is 9.10. The smallest absolute Gasteiger partial charge is 0.370 e. The Morgan fingerprint density at radius 1 is 1.44 bits per heavy atom. The first kappa shape index (κ1) is 14.8. The molecule has 0 aliphatic carbocycles. The van der Waals surface area contributed by atoms with E-state index in [1.54, 1.807) is 0 Å². The van der Waals surface area contributed by atoms with Gasteiger partial charge in [0.25, 0.3) is 0 Å². The van der Waals surface area contributed by atoms with Crippen LogP contribution in [0.2, 0.25) is 0 Å². The van der Waals surface area contributed by atoms with E-state index in [2.05, 4.69) is 26.2 Å². The van der Waals surface area contributed by atoms with E-state index in [1.807, 2.05) is 6.92 Å². The van der Waals surface area contributed by atoms with Gasteiger partial charge < -0.3 is 11.1 Å². The lowest BCUT2D eigenvalue weighted by Gasteiger charge is -2.14. The van der Waals surface area contributed by atoms with Crippen LogP contribution in [0, 0.1) is 0 Å². The number of halogens is 4. The van der Waals surface area contributed by atoms with Crippen molar-refractivity contribution in [2.45, 2.75) is 19.5 Å². The zero-order valence-electron chi connectivity index (χ0n) is 9.68. The summed E-state index contributed by atoms with van der Waals surface area (Å²) in [5, 5.41) is 2.47. The van der Waals surface area contributed by atoms with Gasteiger partial charge in [-0.2, -0.15) is 13.2 Å². The van der Waals surface area contributed by atoms with E-state index in [0.717, 1.165) is 12.5 Å². The van der Waals surface area contributed by atoms with E-state index in [9.17, 15) is 13.2 Å². The van der Waals surface area contributed by atoms with Crippen molar-refractivity contribution in [3.63, 3.8) is 0 Å². The van der Waals surface area contributed by atoms with Gasteiger partial charge in [-0.15, -0.1) is 0 Å². The van der Waals surface area contributed by atoms with Gasteiger partial charge in [0.05, 0.1) is 11.3 Å². The van der Waals surface area contributed by atoms with E-state index in [4.69, 9.17) is 5.73 Å². The van der Waals surface area contributed by atoms with Gasteiger partial charge in [-0.3, -0.25) is 4.99 Å². The number of nitrogens with zero attached hydrogens (tertiary/aromatic N) is 1. The topological polar surface area (TPSA) is 50.4 Å². The molecule has 0 aliphatic heterocycles. The molecule has 1 aromatic rings. The monoisotopic (exact) mass is 323 g/mol. The van der Waals surface area contributed by atoms with Crippen molar-refractivity contribution in [3.8, 4) is 0 Å². The summed E-state index contributed by atoms with van der Waals surface area (Å²) in [6, 6.07) is 3.81. The molecule has 0 unspecified atom stereocenters. The van der Waals surface area contributed by atoms with Crippen molar-refractivity contribution in [2.24, 2.45) is 10.7 Å². The predicted octanol–water partition coefficient (Wildman–Crippen LogP) is 3.60. The normalized spacial score (nSPS) is 12.6. The summed E-state index contributed by atoms with van der Waals surface area (Å²) in [6.45, 7) is 2.37. The number of benzene rings is 1. The number of rotatable bonds is 3. The molecule has 3 nitrogen and oxygen atoms in total. The van der Waals surface area contributed by atoms with Crippen LogP contribution >= 0.6 is 15.9 Å². The highest BCUT2D eigenvalue weighted by atomic mass is 79.9. The molecule has 1 rings (SSSR count). The molecular weight excluding hydrogens is 311 g/mol. The van der Waals surface area contributed by atoms with Crippen molar-refractivity contribution >= 4 is 27.6 Å². The van der Waals surface area contributed by atoms with Crippen molar-refractivity contribution in [1.29, 1.82) is 0 Å². The van der Waals surface area contributed by atoms with E-state index >= 15 is 0 Å². The van der Waals surface area contributed by atoms with Gasteiger partial charge in [-0.25, -0.2) is 0 Å². The minimum absolute atomic E-state index is 0.0235. The number of nitrogens with two attached hydrogens (primary N) is 1. The van der Waals surface area contributed by atoms with Crippen LogP contribution in [-0.4, -0.2) is 12.5 Å². The first-order valence-corrected chi connectivity index (χ1v) is 6.07. The fourth-order valence-corrected chi connectivity index (χ4v) is 1.63. The molecule has 0 radical (unpaired) electrons. The third-order valence-electron chi connectivity index (χ3n) is 2.06. The average molecular weight is 324 g/mol. The van der Waals surface area contributed by atoms with Crippen LogP contribution in [0.3, 0.4) is 0 Å². The van der Waals surface area contributed by atoms with Crippen molar-refractivity contribution in [3.05, 3.63) is 28.2 Å². The molecule has 0 saturated carbocycles. The van der Waals surface area contributed by atoms with Gasteiger partial charge in [0.15, 0.2) is 5.96 Å². The standard InChI is InChI=1S/C11H13BrF3N3/c1-2-5-17-10(16)18-9-4-3-7(12)6-8(9)11(13,14)15/h3-4,6H,2,5H2,1H3,(H3,16,17,18). The summed E-state index contributed by atoms with van der Waals surface area (Å²) in [4.78, 5) is 3.89. The molecule has 1 aromatic carbocycles. The largest absolute Gasteiger partial charge is 0.418 e. The Balaban J connectivity index is 3.02. The van der Waals surface area contributed by atoms with Crippen LogP contribution in [-0.2, 0) is 6.18 Å². The lowest BCUT2D eigenvalue weighted by Crippen LogP contribution is -2.24. The first-order chi connectivity index (χ1) is 8.34. The van der Waals surface area contributed by atoms with E-state index < -0.39 is 11.7 Å². The second-order valence-electron chi connectivity index (χ2n) is 3.58. The zero-order chi connectivity index (χ0) is 13.8. The van der Waals surface area contributed by atoms with Gasteiger partial charge in [0, 0.05) is 11.0 Å². The summed E-state index contributed by atoms with van der Waals surface area (Å²) >= 11 is 3.01. The molecule has 0 heterocycles. The Morgan fingerprint density at radius 3 is 2.67 bits per heavy atom. The minimum Gasteiger partial charge on any atom is -0.370 e. The Morgan fingerprint density at radius 2 is 2.11 bits per heavy atom. The minimum atomic E-state index is -4.45. The van der Waals surface area contributed by atoms with E-state index in [1.165, 1.54) is 12.1 Å². The number of anilines is 1. The van der Waals surface area contributed by atoms with Crippen molar-refractivity contribution in [1.82, 2.24) is 0 Å². The summed E-state index contributed by atoms with van der Waals surface area (Å²) < 4.78 is 38.7. The summed E-state index contributed by atoms with van der Waals surface area (Å²) in [7, 11) is 0. The average Bonchev–Trinajstić information content (AvgIpc) is 2.27. The SMILES string of the molecule is CCCN=C(N)Nc1ccc(Br)cc1C(F)(F)F. The van der Waals surface area contributed by atoms with Crippen molar-refractivity contribution < 1.29 is 13.2 Å². The van der Waals surface area contributed by atoms with Crippen LogP contribution in [0.4, 0.5) is 18.9 Å². The van der Waals surface area contributed by atoms with E-state index in [-0.39, 0.29) is 11.6 Å². The number of nitrogens with one attached hydrogen (secondary N) is 1. The van der Waals surface area contributed by atoms with Gasteiger partial charge >= 0.3 is 6.18 Å². The predicted molar refractivity (Wildman–Crippen MR) is 69.5 cm³/mol. The molecule has 0 saturated heterocycles. The fraction of sp³-hybridized carbons (Fsp3) is 0.364. The highest BCUT2D eigenvalue weighted by Gasteiger charge is 2.33. The lowest BCUT2D eigenvalue weighted by molar-refractivity contribution is -0.136. The molecule has 0 aromatic heterocycles. The molecule has 18 heavy (non-hydrogen) atoms. The Hall–Kier alpha value is -1.24. The third-order valence-corrected chi connectivity index (χ3v) is 2.55.